The van der Waals surface area contributed by atoms with Crippen LogP contribution in [0.5, 0.6) is 5.75 Å². The van der Waals surface area contributed by atoms with Crippen LogP contribution in [0.1, 0.15) is 25.3 Å². The summed E-state index contributed by atoms with van der Waals surface area (Å²) in [6.45, 7) is 1.37. The number of benzene rings is 1. The molecule has 116 valence electrons. The Bertz CT molecular complexity index is 494. The fourth-order valence-corrected chi connectivity index (χ4v) is 2.51. The maximum absolute atomic E-state index is 12.3. The minimum absolute atomic E-state index is 0.149. The Morgan fingerprint density at radius 2 is 2.24 bits per heavy atom. The van der Waals surface area contributed by atoms with Gasteiger partial charge in [-0.1, -0.05) is 25.1 Å². The van der Waals surface area contributed by atoms with Crippen LogP contribution in [0.15, 0.2) is 29.3 Å². The third-order valence-corrected chi connectivity index (χ3v) is 3.58. The van der Waals surface area contributed by atoms with Gasteiger partial charge in [0.1, 0.15) is 5.75 Å². The van der Waals surface area contributed by atoms with Gasteiger partial charge < -0.3 is 15.4 Å². The summed E-state index contributed by atoms with van der Waals surface area (Å²) in [5.41, 5.74) is 6.60. The molecule has 0 bridgehead atoms. The maximum atomic E-state index is 12.3. The lowest BCUT2D eigenvalue weighted by Crippen LogP contribution is -2.43. The number of likely N-dealkylation sites (tertiary alicyclic amines) is 1. The number of halogens is 2. The van der Waals surface area contributed by atoms with E-state index in [1.54, 1.807) is 18.2 Å². The van der Waals surface area contributed by atoms with E-state index in [0.717, 1.165) is 19.5 Å². The Kier molecular flexibility index (Phi) is 5.36. The molecule has 1 atom stereocenters. The van der Waals surface area contributed by atoms with Crippen molar-refractivity contribution in [1.29, 1.82) is 0 Å². The standard InChI is InChI=1S/C15H21F2N3O/c1-11-5-4-8-20(10-11)15(18)19-9-12-6-2-3-7-13(12)21-14(16)17/h2-3,6-7,11,14H,4-5,8-10H2,1H3,(H2,18,19). The van der Waals surface area contributed by atoms with Crippen molar-refractivity contribution in [3.63, 3.8) is 0 Å². The van der Waals surface area contributed by atoms with Crippen LogP contribution in [-0.2, 0) is 6.54 Å². The molecule has 1 saturated heterocycles. The van der Waals surface area contributed by atoms with Crippen LogP contribution in [0.4, 0.5) is 8.78 Å². The van der Waals surface area contributed by atoms with Gasteiger partial charge in [-0.25, -0.2) is 4.99 Å². The van der Waals surface area contributed by atoms with Crippen LogP contribution in [0.2, 0.25) is 0 Å². The number of hydrogen-bond donors (Lipinski definition) is 1. The summed E-state index contributed by atoms with van der Waals surface area (Å²) in [4.78, 5) is 6.36. The Morgan fingerprint density at radius 1 is 1.48 bits per heavy atom. The Balaban J connectivity index is 2.02. The molecule has 1 aromatic carbocycles. The number of rotatable bonds is 4. The highest BCUT2D eigenvalue weighted by Gasteiger charge is 2.17. The van der Waals surface area contributed by atoms with Crippen molar-refractivity contribution in [3.8, 4) is 5.75 Å². The highest BCUT2D eigenvalue weighted by atomic mass is 19.3. The fourth-order valence-electron chi connectivity index (χ4n) is 2.51. The van der Waals surface area contributed by atoms with Crippen molar-refractivity contribution in [2.24, 2.45) is 16.6 Å². The smallest absolute Gasteiger partial charge is 0.387 e. The largest absolute Gasteiger partial charge is 0.434 e. The number of guanidine groups is 1. The molecule has 2 N–H and O–H groups in total. The van der Waals surface area contributed by atoms with Crippen molar-refractivity contribution in [1.82, 2.24) is 4.90 Å². The molecule has 21 heavy (non-hydrogen) atoms. The van der Waals surface area contributed by atoms with Gasteiger partial charge in [0.2, 0.25) is 0 Å². The van der Waals surface area contributed by atoms with Gasteiger partial charge in [0.05, 0.1) is 6.54 Å². The predicted molar refractivity (Wildman–Crippen MR) is 78.4 cm³/mol. The van der Waals surface area contributed by atoms with Gasteiger partial charge >= 0.3 is 6.61 Å². The summed E-state index contributed by atoms with van der Waals surface area (Å²) in [6.07, 6.45) is 2.30. The SMILES string of the molecule is CC1CCCN(C(N)=NCc2ccccc2OC(F)F)C1. The molecule has 6 heteroatoms. The average Bonchev–Trinajstić information content (AvgIpc) is 2.45. The normalized spacial score (nSPS) is 19.9. The summed E-state index contributed by atoms with van der Waals surface area (Å²) >= 11 is 0. The molecule has 0 saturated carbocycles. The van der Waals surface area contributed by atoms with Crippen molar-refractivity contribution >= 4 is 5.96 Å². The molecule has 0 spiro atoms. The molecule has 1 unspecified atom stereocenters. The maximum Gasteiger partial charge on any atom is 0.387 e. The second kappa shape index (κ2) is 7.24. The van der Waals surface area contributed by atoms with Crippen LogP contribution in [0, 0.1) is 5.92 Å². The minimum atomic E-state index is -2.84. The van der Waals surface area contributed by atoms with Gasteiger partial charge in [0.15, 0.2) is 5.96 Å². The summed E-state index contributed by atoms with van der Waals surface area (Å²) in [6, 6.07) is 6.65. The van der Waals surface area contributed by atoms with Crippen LogP contribution in [-0.4, -0.2) is 30.6 Å². The lowest BCUT2D eigenvalue weighted by molar-refractivity contribution is -0.0504. The summed E-state index contributed by atoms with van der Waals surface area (Å²) in [7, 11) is 0. The summed E-state index contributed by atoms with van der Waals surface area (Å²) in [5, 5.41) is 0. The van der Waals surface area contributed by atoms with Crippen molar-refractivity contribution in [2.75, 3.05) is 13.1 Å². The van der Waals surface area contributed by atoms with Crippen LogP contribution < -0.4 is 10.5 Å². The predicted octanol–water partition coefficient (Wildman–Crippen LogP) is 2.83. The number of nitrogens with zero attached hydrogens (tertiary/aromatic N) is 2. The van der Waals surface area contributed by atoms with Crippen LogP contribution in [0.3, 0.4) is 0 Å². The van der Waals surface area contributed by atoms with E-state index in [1.807, 2.05) is 4.90 Å². The van der Waals surface area contributed by atoms with E-state index in [0.29, 0.717) is 17.4 Å². The van der Waals surface area contributed by atoms with Gasteiger partial charge in [-0.15, -0.1) is 0 Å². The second-order valence-corrected chi connectivity index (χ2v) is 5.35. The number of ether oxygens (including phenoxy) is 1. The first kappa shape index (κ1) is 15.5. The van der Waals surface area contributed by atoms with E-state index in [-0.39, 0.29) is 12.3 Å². The first-order valence-electron chi connectivity index (χ1n) is 7.14. The molecular weight excluding hydrogens is 276 g/mol. The van der Waals surface area contributed by atoms with E-state index in [9.17, 15) is 8.78 Å². The first-order valence-corrected chi connectivity index (χ1v) is 7.14. The van der Waals surface area contributed by atoms with E-state index < -0.39 is 6.61 Å². The fraction of sp³-hybridized carbons (Fsp3) is 0.533. The monoisotopic (exact) mass is 297 g/mol. The topological polar surface area (TPSA) is 50.8 Å². The molecule has 2 rings (SSSR count). The second-order valence-electron chi connectivity index (χ2n) is 5.35. The van der Waals surface area contributed by atoms with E-state index in [4.69, 9.17) is 5.73 Å². The Morgan fingerprint density at radius 3 is 2.95 bits per heavy atom. The van der Waals surface area contributed by atoms with Gasteiger partial charge in [0, 0.05) is 18.7 Å². The average molecular weight is 297 g/mol. The number of piperidine rings is 1. The molecular formula is C15H21F2N3O. The lowest BCUT2D eigenvalue weighted by Gasteiger charge is -2.31. The van der Waals surface area contributed by atoms with Crippen molar-refractivity contribution < 1.29 is 13.5 Å². The molecule has 1 aliphatic heterocycles. The molecule has 0 radical (unpaired) electrons. The zero-order chi connectivity index (χ0) is 15.2. The van der Waals surface area contributed by atoms with Gasteiger partial charge in [-0.3, -0.25) is 0 Å². The van der Waals surface area contributed by atoms with E-state index in [2.05, 4.69) is 16.7 Å². The summed E-state index contributed by atoms with van der Waals surface area (Å²) < 4.78 is 29.2. The third kappa shape index (κ3) is 4.58. The van der Waals surface area contributed by atoms with Crippen molar-refractivity contribution in [2.45, 2.75) is 32.9 Å². The van der Waals surface area contributed by atoms with Crippen molar-refractivity contribution in [3.05, 3.63) is 29.8 Å². The molecule has 0 aromatic heterocycles. The molecule has 1 aliphatic rings. The molecule has 1 fully saturated rings. The van der Waals surface area contributed by atoms with Crippen LogP contribution in [0.25, 0.3) is 0 Å². The Labute approximate surface area is 123 Å². The number of nitrogens with two attached hydrogens (primary N) is 1. The third-order valence-electron chi connectivity index (χ3n) is 3.58. The highest BCUT2D eigenvalue weighted by molar-refractivity contribution is 5.78. The molecule has 0 amide bonds. The van der Waals surface area contributed by atoms with Crippen LogP contribution >= 0.6 is 0 Å². The Hall–Kier alpha value is -1.85. The number of hydrogen-bond acceptors (Lipinski definition) is 2. The quantitative estimate of drug-likeness (QED) is 0.687. The number of para-hydroxylation sites is 1. The van der Waals surface area contributed by atoms with Gasteiger partial charge in [-0.05, 0) is 24.8 Å². The van der Waals surface area contributed by atoms with Gasteiger partial charge in [0.25, 0.3) is 0 Å². The molecule has 1 aromatic rings. The van der Waals surface area contributed by atoms with E-state index in [1.165, 1.54) is 12.5 Å². The first-order chi connectivity index (χ1) is 10.1. The molecule has 0 aliphatic carbocycles. The molecule has 1 heterocycles. The minimum Gasteiger partial charge on any atom is -0.434 e. The van der Waals surface area contributed by atoms with E-state index >= 15 is 0 Å². The number of alkyl halides is 2. The summed E-state index contributed by atoms with van der Waals surface area (Å²) in [5.74, 6) is 1.21. The zero-order valence-corrected chi connectivity index (χ0v) is 12.1. The highest BCUT2D eigenvalue weighted by Crippen LogP contribution is 2.21. The lowest BCUT2D eigenvalue weighted by atomic mass is 10.0. The number of aliphatic imine (C=N–C) groups is 1. The zero-order valence-electron chi connectivity index (χ0n) is 12.1. The molecule has 4 nitrogen and oxygen atoms in total. The van der Waals surface area contributed by atoms with Gasteiger partial charge in [-0.2, -0.15) is 8.78 Å².